The molecule has 1 atom stereocenters. The molecule has 1 unspecified atom stereocenters. The number of hydrogen-bond donors (Lipinski definition) is 0. The molecule has 0 fully saturated rings. The van der Waals surface area contributed by atoms with E-state index in [-0.39, 0.29) is 13.4 Å². The molecule has 1 aromatic rings. The molecule has 1 heterocycles. The first-order valence-corrected chi connectivity index (χ1v) is 4.16. The molecule has 0 saturated heterocycles. The Bertz CT molecular complexity index is 274. The van der Waals surface area contributed by atoms with E-state index < -0.39 is 0 Å². The summed E-state index contributed by atoms with van der Waals surface area (Å²) in [6.45, 7) is 0. The van der Waals surface area contributed by atoms with Crippen LogP contribution in [0.3, 0.4) is 0 Å². The smallest absolute Gasteiger partial charge is 0.410 e. The summed E-state index contributed by atoms with van der Waals surface area (Å²) >= 11 is 0. The van der Waals surface area contributed by atoms with Crippen LogP contribution in [0.4, 0.5) is 0 Å². The highest BCUT2D eigenvalue weighted by atomic mass is 16.7. The Hall–Kier alpha value is -0.835. The first-order valence-electron chi connectivity index (χ1n) is 4.16. The Morgan fingerprint density at radius 1 is 1.31 bits per heavy atom. The third-order valence-corrected chi connectivity index (χ3v) is 2.18. The molecule has 0 spiro atoms. The van der Waals surface area contributed by atoms with Gasteiger partial charge in [-0.2, -0.15) is 0 Å². The lowest BCUT2D eigenvalue weighted by atomic mass is 9.79. The first kappa shape index (κ1) is 8.75. The highest BCUT2D eigenvalue weighted by molar-refractivity contribution is 6.62. The van der Waals surface area contributed by atoms with Gasteiger partial charge in [-0.15, -0.1) is 0 Å². The van der Waals surface area contributed by atoms with Gasteiger partial charge in [-0.25, -0.2) is 0 Å². The summed E-state index contributed by atoms with van der Waals surface area (Å²) in [6.07, 6.45) is -0.291. The predicted molar refractivity (Wildman–Crippen MR) is 49.7 cm³/mol. The van der Waals surface area contributed by atoms with Crippen LogP contribution in [0.2, 0.25) is 0 Å². The zero-order chi connectivity index (χ0) is 9.26. The van der Waals surface area contributed by atoms with Crippen LogP contribution in [0.5, 0.6) is 0 Å². The lowest BCUT2D eigenvalue weighted by Crippen LogP contribution is -2.30. The number of rotatable bonds is 2. The second kappa shape index (κ2) is 3.50. The lowest BCUT2D eigenvalue weighted by molar-refractivity contribution is -0.0598. The average molecular weight is 178 g/mol. The summed E-state index contributed by atoms with van der Waals surface area (Å²) in [7, 11) is 2.96. The van der Waals surface area contributed by atoms with Crippen LogP contribution in [0.25, 0.3) is 0 Å². The molecule has 68 valence electrons. The monoisotopic (exact) mass is 178 g/mol. The van der Waals surface area contributed by atoms with E-state index in [4.69, 9.17) is 14.0 Å². The minimum atomic E-state index is -0.291. The van der Waals surface area contributed by atoms with E-state index in [2.05, 4.69) is 0 Å². The number of benzene rings is 1. The summed E-state index contributed by atoms with van der Waals surface area (Å²) < 4.78 is 15.8. The average Bonchev–Trinajstić information content (AvgIpc) is 2.56. The van der Waals surface area contributed by atoms with Gasteiger partial charge in [0.05, 0.1) is 0 Å². The van der Waals surface area contributed by atoms with Crippen LogP contribution < -0.4 is 5.46 Å². The zero-order valence-electron chi connectivity index (χ0n) is 7.69. The highest BCUT2D eigenvalue weighted by Crippen LogP contribution is 2.24. The molecule has 1 aliphatic rings. The molecule has 1 aliphatic heterocycles. The summed E-state index contributed by atoms with van der Waals surface area (Å²) in [5, 5.41) is 0. The predicted octanol–water partition coefficient (Wildman–Crippen LogP) is 0.703. The molecule has 0 aromatic heterocycles. The molecular weight excluding hydrogens is 167 g/mol. The van der Waals surface area contributed by atoms with E-state index in [0.717, 1.165) is 11.0 Å². The van der Waals surface area contributed by atoms with Crippen molar-refractivity contribution in [2.75, 3.05) is 14.2 Å². The van der Waals surface area contributed by atoms with Crippen molar-refractivity contribution in [2.24, 2.45) is 0 Å². The van der Waals surface area contributed by atoms with Crippen molar-refractivity contribution in [3.63, 3.8) is 0 Å². The maximum Gasteiger partial charge on any atom is 0.496 e. The third-order valence-electron chi connectivity index (χ3n) is 2.18. The molecule has 4 heteroatoms. The molecule has 0 aliphatic carbocycles. The maximum absolute atomic E-state index is 5.49. The van der Waals surface area contributed by atoms with Crippen molar-refractivity contribution in [3.8, 4) is 0 Å². The number of fused-ring (bicyclic) bond motifs is 1. The molecule has 13 heavy (non-hydrogen) atoms. The van der Waals surface area contributed by atoms with Gasteiger partial charge in [0.2, 0.25) is 0 Å². The van der Waals surface area contributed by atoms with E-state index in [9.17, 15) is 0 Å². The lowest BCUT2D eigenvalue weighted by Gasteiger charge is -2.09. The van der Waals surface area contributed by atoms with E-state index >= 15 is 0 Å². The molecule has 0 saturated carbocycles. The summed E-state index contributed by atoms with van der Waals surface area (Å²) in [4.78, 5) is 0. The van der Waals surface area contributed by atoms with Crippen molar-refractivity contribution < 1.29 is 14.0 Å². The fourth-order valence-corrected chi connectivity index (χ4v) is 1.56. The topological polar surface area (TPSA) is 27.7 Å². The summed E-state index contributed by atoms with van der Waals surface area (Å²) in [5.74, 6) is 0. The van der Waals surface area contributed by atoms with Gasteiger partial charge in [-0.3, -0.25) is 0 Å². The Balaban J connectivity index is 2.38. The highest BCUT2D eigenvalue weighted by Gasteiger charge is 2.36. The fourth-order valence-electron chi connectivity index (χ4n) is 1.56. The molecule has 0 radical (unpaired) electrons. The Labute approximate surface area is 77.8 Å². The SMILES string of the molecule is COB1OC(OC)c2ccccc21. The van der Waals surface area contributed by atoms with Gasteiger partial charge < -0.3 is 14.0 Å². The van der Waals surface area contributed by atoms with Gasteiger partial charge in [0.15, 0.2) is 6.29 Å². The molecule has 0 N–H and O–H groups in total. The van der Waals surface area contributed by atoms with Crippen molar-refractivity contribution in [1.82, 2.24) is 0 Å². The van der Waals surface area contributed by atoms with E-state index in [1.165, 1.54) is 0 Å². The Morgan fingerprint density at radius 2 is 2.08 bits per heavy atom. The van der Waals surface area contributed by atoms with Crippen molar-refractivity contribution in [3.05, 3.63) is 29.8 Å². The van der Waals surface area contributed by atoms with Gasteiger partial charge in [-0.05, 0) is 5.46 Å². The fraction of sp³-hybridized carbons (Fsp3) is 0.333. The van der Waals surface area contributed by atoms with Crippen molar-refractivity contribution in [1.29, 1.82) is 0 Å². The van der Waals surface area contributed by atoms with E-state index in [1.807, 2.05) is 24.3 Å². The van der Waals surface area contributed by atoms with Crippen LogP contribution in [0, 0.1) is 0 Å². The Morgan fingerprint density at radius 3 is 2.77 bits per heavy atom. The standard InChI is InChI=1S/C9H11BO3/c1-11-9-7-5-3-4-6-8(7)10(12-2)13-9/h3-6,9H,1-2H3. The van der Waals surface area contributed by atoms with Gasteiger partial charge in [0.1, 0.15) is 0 Å². The number of ether oxygens (including phenoxy) is 1. The minimum absolute atomic E-state index is 0.291. The molecule has 0 bridgehead atoms. The maximum atomic E-state index is 5.49. The normalized spacial score (nSPS) is 20.5. The van der Waals surface area contributed by atoms with E-state index in [0.29, 0.717) is 0 Å². The van der Waals surface area contributed by atoms with Gasteiger partial charge in [0.25, 0.3) is 0 Å². The number of hydrogen-bond acceptors (Lipinski definition) is 3. The quantitative estimate of drug-likeness (QED) is 0.624. The van der Waals surface area contributed by atoms with Gasteiger partial charge in [0, 0.05) is 19.8 Å². The zero-order valence-corrected chi connectivity index (χ0v) is 7.69. The van der Waals surface area contributed by atoms with Crippen LogP contribution in [0.15, 0.2) is 24.3 Å². The van der Waals surface area contributed by atoms with Crippen LogP contribution >= 0.6 is 0 Å². The van der Waals surface area contributed by atoms with Crippen LogP contribution in [0.1, 0.15) is 11.9 Å². The molecular formula is C9H11BO3. The molecule has 1 aromatic carbocycles. The van der Waals surface area contributed by atoms with Crippen molar-refractivity contribution >= 4 is 12.6 Å². The molecule has 0 amide bonds. The van der Waals surface area contributed by atoms with Crippen molar-refractivity contribution in [2.45, 2.75) is 6.29 Å². The Kier molecular flexibility index (Phi) is 2.35. The summed E-state index contributed by atoms with van der Waals surface area (Å²) in [6, 6.07) is 7.91. The van der Waals surface area contributed by atoms with Crippen LogP contribution in [-0.2, 0) is 14.0 Å². The second-order valence-electron chi connectivity index (χ2n) is 2.90. The molecule has 2 rings (SSSR count). The van der Waals surface area contributed by atoms with Crippen LogP contribution in [-0.4, -0.2) is 21.3 Å². The first-order chi connectivity index (χ1) is 6.36. The second-order valence-corrected chi connectivity index (χ2v) is 2.90. The van der Waals surface area contributed by atoms with Gasteiger partial charge >= 0.3 is 7.12 Å². The largest absolute Gasteiger partial charge is 0.496 e. The number of methoxy groups -OCH3 is 1. The van der Waals surface area contributed by atoms with Gasteiger partial charge in [-0.1, -0.05) is 24.3 Å². The summed E-state index contributed by atoms with van der Waals surface area (Å²) in [5.41, 5.74) is 2.11. The molecule has 3 nitrogen and oxygen atoms in total. The minimum Gasteiger partial charge on any atom is -0.410 e. The van der Waals surface area contributed by atoms with E-state index in [1.54, 1.807) is 14.2 Å². The third kappa shape index (κ3) is 1.37.